The van der Waals surface area contributed by atoms with E-state index in [4.69, 9.17) is 11.6 Å². The van der Waals surface area contributed by atoms with Crippen molar-refractivity contribution in [2.45, 2.75) is 12.6 Å². The van der Waals surface area contributed by atoms with Gasteiger partial charge in [-0.05, 0) is 42.4 Å². The Morgan fingerprint density at radius 2 is 1.53 bits per heavy atom. The van der Waals surface area contributed by atoms with E-state index in [0.29, 0.717) is 11.6 Å². The first kappa shape index (κ1) is 24.0. The van der Waals surface area contributed by atoms with Crippen molar-refractivity contribution < 1.29 is 9.59 Å². The minimum Gasteiger partial charge on any atom is -0.378 e. The molecule has 7 nitrogen and oxygen atoms in total. The molecule has 0 aromatic heterocycles. The van der Waals surface area contributed by atoms with Gasteiger partial charge in [-0.3, -0.25) is 14.5 Å². The molecular formula is C24H32ClN5O2. The van der Waals surface area contributed by atoms with Gasteiger partial charge in [0, 0.05) is 64.1 Å². The second kappa shape index (κ2) is 11.3. The number of amides is 2. The maximum absolute atomic E-state index is 12.5. The third-order valence-corrected chi connectivity index (χ3v) is 6.05. The fourth-order valence-corrected chi connectivity index (χ4v) is 3.85. The standard InChI is InChI=1S/C24H32ClN5O2/c1-28(2)21-10-6-19(7-11-21)22(30-14-12-29(3)13-15-30)17-27-24(32)23(31)26-16-18-4-8-20(25)9-5-18/h4-11,22H,12-17H2,1-3H3,(H,26,31)(H,27,32). The highest BCUT2D eigenvalue weighted by Crippen LogP contribution is 2.24. The van der Waals surface area contributed by atoms with Gasteiger partial charge in [-0.1, -0.05) is 35.9 Å². The van der Waals surface area contributed by atoms with Gasteiger partial charge in [0.15, 0.2) is 0 Å². The average Bonchev–Trinajstić information content (AvgIpc) is 2.80. The number of halogens is 1. The molecule has 2 amide bonds. The molecule has 2 N–H and O–H groups in total. The van der Waals surface area contributed by atoms with Gasteiger partial charge in [-0.2, -0.15) is 0 Å². The quantitative estimate of drug-likeness (QED) is 0.623. The van der Waals surface area contributed by atoms with Crippen LogP contribution in [-0.4, -0.2) is 75.5 Å². The summed E-state index contributed by atoms with van der Waals surface area (Å²) in [4.78, 5) is 31.5. The predicted octanol–water partition coefficient (Wildman–Crippen LogP) is 2.13. The highest BCUT2D eigenvalue weighted by Gasteiger charge is 2.25. The fourth-order valence-electron chi connectivity index (χ4n) is 3.72. The largest absolute Gasteiger partial charge is 0.378 e. The van der Waals surface area contributed by atoms with Crippen molar-refractivity contribution in [1.82, 2.24) is 20.4 Å². The Bertz CT molecular complexity index is 894. The number of piperazine rings is 1. The summed E-state index contributed by atoms with van der Waals surface area (Å²) in [5.74, 6) is -1.26. The van der Waals surface area contributed by atoms with E-state index in [1.54, 1.807) is 12.1 Å². The Labute approximate surface area is 195 Å². The molecule has 1 unspecified atom stereocenters. The van der Waals surface area contributed by atoms with Gasteiger partial charge in [-0.25, -0.2) is 0 Å². The summed E-state index contributed by atoms with van der Waals surface area (Å²) < 4.78 is 0. The zero-order chi connectivity index (χ0) is 23.1. The van der Waals surface area contributed by atoms with Crippen molar-refractivity contribution in [2.24, 2.45) is 0 Å². The smallest absolute Gasteiger partial charge is 0.309 e. The van der Waals surface area contributed by atoms with Gasteiger partial charge in [0.25, 0.3) is 0 Å². The van der Waals surface area contributed by atoms with Gasteiger partial charge in [0.2, 0.25) is 0 Å². The summed E-state index contributed by atoms with van der Waals surface area (Å²) in [5.41, 5.74) is 3.13. The molecule has 0 saturated carbocycles. The number of hydrogen-bond acceptors (Lipinski definition) is 5. The van der Waals surface area contributed by atoms with Crippen LogP contribution in [0.5, 0.6) is 0 Å². The lowest BCUT2D eigenvalue weighted by atomic mass is 10.0. The van der Waals surface area contributed by atoms with Crippen molar-refractivity contribution in [1.29, 1.82) is 0 Å². The SMILES string of the molecule is CN1CCN(C(CNC(=O)C(=O)NCc2ccc(Cl)cc2)c2ccc(N(C)C)cc2)CC1. The monoisotopic (exact) mass is 457 g/mol. The summed E-state index contributed by atoms with van der Waals surface area (Å²) in [6.45, 7) is 4.42. The van der Waals surface area contributed by atoms with Crippen LogP contribution < -0.4 is 15.5 Å². The molecule has 0 bridgehead atoms. The molecule has 1 aliphatic rings. The van der Waals surface area contributed by atoms with E-state index < -0.39 is 11.8 Å². The van der Waals surface area contributed by atoms with Crippen LogP contribution >= 0.6 is 11.6 Å². The molecule has 2 aromatic carbocycles. The van der Waals surface area contributed by atoms with Gasteiger partial charge in [0.1, 0.15) is 0 Å². The van der Waals surface area contributed by atoms with Crippen molar-refractivity contribution in [3.8, 4) is 0 Å². The highest BCUT2D eigenvalue weighted by molar-refractivity contribution is 6.35. The molecule has 32 heavy (non-hydrogen) atoms. The minimum absolute atomic E-state index is 0.00734. The second-order valence-corrected chi connectivity index (χ2v) is 8.80. The van der Waals surface area contributed by atoms with Crippen molar-refractivity contribution >= 4 is 29.1 Å². The third-order valence-electron chi connectivity index (χ3n) is 5.80. The first-order chi connectivity index (χ1) is 15.3. The lowest BCUT2D eigenvalue weighted by Crippen LogP contribution is -2.49. The minimum atomic E-state index is -0.639. The van der Waals surface area contributed by atoms with Gasteiger partial charge in [-0.15, -0.1) is 0 Å². The van der Waals surface area contributed by atoms with E-state index in [1.165, 1.54) is 0 Å². The topological polar surface area (TPSA) is 67.9 Å². The van der Waals surface area contributed by atoms with Gasteiger partial charge < -0.3 is 20.4 Å². The summed E-state index contributed by atoms with van der Waals surface area (Å²) in [5, 5.41) is 6.13. The summed E-state index contributed by atoms with van der Waals surface area (Å²) in [6, 6.07) is 15.5. The number of benzene rings is 2. The number of carbonyl (C=O) groups excluding carboxylic acids is 2. The Balaban J connectivity index is 1.61. The number of nitrogens with one attached hydrogen (secondary N) is 2. The van der Waals surface area contributed by atoms with Gasteiger partial charge >= 0.3 is 11.8 Å². The molecular weight excluding hydrogens is 426 g/mol. The van der Waals surface area contributed by atoms with E-state index in [1.807, 2.05) is 26.2 Å². The lowest BCUT2D eigenvalue weighted by molar-refractivity contribution is -0.139. The molecule has 172 valence electrons. The zero-order valence-corrected chi connectivity index (χ0v) is 19.7. The molecule has 1 atom stereocenters. The number of carbonyl (C=O) groups is 2. The summed E-state index contributed by atoms with van der Waals surface area (Å²) in [7, 11) is 6.14. The zero-order valence-electron chi connectivity index (χ0n) is 19.0. The Hall–Kier alpha value is -2.61. The molecule has 1 heterocycles. The Morgan fingerprint density at radius 3 is 2.12 bits per heavy atom. The molecule has 1 fully saturated rings. The van der Waals surface area contributed by atoms with Crippen LogP contribution in [0.15, 0.2) is 48.5 Å². The Morgan fingerprint density at radius 1 is 0.938 bits per heavy atom. The van der Waals surface area contributed by atoms with E-state index >= 15 is 0 Å². The number of likely N-dealkylation sites (N-methyl/N-ethyl adjacent to an activating group) is 1. The van der Waals surface area contributed by atoms with Crippen LogP contribution in [0.3, 0.4) is 0 Å². The van der Waals surface area contributed by atoms with E-state index in [0.717, 1.165) is 43.0 Å². The summed E-state index contributed by atoms with van der Waals surface area (Å²) in [6.07, 6.45) is 0. The molecule has 0 aliphatic carbocycles. The van der Waals surface area contributed by atoms with Crippen LogP contribution in [-0.2, 0) is 16.1 Å². The highest BCUT2D eigenvalue weighted by atomic mass is 35.5. The molecule has 3 rings (SSSR count). The number of hydrogen-bond donors (Lipinski definition) is 2. The first-order valence-electron chi connectivity index (χ1n) is 10.8. The van der Waals surface area contributed by atoms with Crippen LogP contribution in [0.2, 0.25) is 5.02 Å². The van der Waals surface area contributed by atoms with Crippen LogP contribution in [0, 0.1) is 0 Å². The van der Waals surface area contributed by atoms with Crippen LogP contribution in [0.1, 0.15) is 17.2 Å². The number of rotatable bonds is 7. The summed E-state index contributed by atoms with van der Waals surface area (Å²) >= 11 is 5.88. The van der Waals surface area contributed by atoms with Crippen molar-refractivity contribution in [3.05, 3.63) is 64.7 Å². The molecule has 0 radical (unpaired) electrons. The Kier molecular flexibility index (Phi) is 8.50. The van der Waals surface area contributed by atoms with Gasteiger partial charge in [0.05, 0.1) is 6.04 Å². The maximum atomic E-state index is 12.5. The van der Waals surface area contributed by atoms with Crippen LogP contribution in [0.4, 0.5) is 5.69 Å². The lowest BCUT2D eigenvalue weighted by Gasteiger charge is -2.38. The van der Waals surface area contributed by atoms with E-state index in [2.05, 4.69) is 56.6 Å². The molecule has 1 saturated heterocycles. The maximum Gasteiger partial charge on any atom is 0.309 e. The fraction of sp³-hybridized carbons (Fsp3) is 0.417. The number of nitrogens with zero attached hydrogens (tertiary/aromatic N) is 3. The van der Waals surface area contributed by atoms with Crippen molar-refractivity contribution in [3.63, 3.8) is 0 Å². The van der Waals surface area contributed by atoms with Crippen molar-refractivity contribution in [2.75, 3.05) is 58.8 Å². The second-order valence-electron chi connectivity index (χ2n) is 8.36. The average molecular weight is 458 g/mol. The van der Waals surface area contributed by atoms with E-state index in [9.17, 15) is 9.59 Å². The van der Waals surface area contributed by atoms with E-state index in [-0.39, 0.29) is 12.6 Å². The predicted molar refractivity (Wildman–Crippen MR) is 129 cm³/mol. The normalized spacial score (nSPS) is 15.8. The molecule has 1 aliphatic heterocycles. The molecule has 2 aromatic rings. The first-order valence-corrected chi connectivity index (χ1v) is 11.2. The molecule has 0 spiro atoms. The van der Waals surface area contributed by atoms with Crippen LogP contribution in [0.25, 0.3) is 0 Å². The molecule has 8 heteroatoms. The third kappa shape index (κ3) is 6.69. The number of anilines is 1.